The molecule has 0 radical (unpaired) electrons. The van der Waals surface area contributed by atoms with Gasteiger partial charge in [-0.3, -0.25) is 4.98 Å². The van der Waals surface area contributed by atoms with Gasteiger partial charge in [-0.15, -0.1) is 0 Å². The molecule has 0 unspecified atom stereocenters. The van der Waals surface area contributed by atoms with Crippen molar-refractivity contribution < 1.29 is 22.0 Å². The third-order valence-electron chi connectivity index (χ3n) is 30.2. The van der Waals surface area contributed by atoms with Crippen molar-refractivity contribution in [3.63, 3.8) is 0 Å². The van der Waals surface area contributed by atoms with Gasteiger partial charge >= 0.3 is 0 Å². The predicted octanol–water partition coefficient (Wildman–Crippen LogP) is 39.1. The number of pyridine rings is 4. The molecule has 4 aromatic heterocycles. The van der Waals surface area contributed by atoms with Gasteiger partial charge in [-0.2, -0.15) is 0 Å². The van der Waals surface area contributed by atoms with Crippen LogP contribution in [-0.4, -0.2) is 19.9 Å². The third kappa shape index (κ3) is 14.5. The molecule has 149 heavy (non-hydrogen) atoms. The summed E-state index contributed by atoms with van der Waals surface area (Å²) >= 11 is 0. The molecule has 4 heterocycles. The zero-order valence-corrected chi connectivity index (χ0v) is 79.9. The molecule has 0 saturated carbocycles. The van der Waals surface area contributed by atoms with E-state index in [0.29, 0.717) is 5.56 Å². The average molecular weight is 1910 g/mol. The minimum Gasteiger partial charge on any atom is -0.264 e. The number of fused-ring (bicyclic) bond motifs is 30. The molecular formula is C140H81F5N4. The number of benzene rings is 26. The van der Waals surface area contributed by atoms with Gasteiger partial charge in [0.1, 0.15) is 29.1 Å². The summed E-state index contributed by atoms with van der Waals surface area (Å²) in [6.45, 7) is 0. The SMILES string of the molecule is Fc1ccc(-c2nc3cc(-c4c5ccccc5c(-c5cc(F)cc(F)c5)c5ccccc45)ccc3c3c4ccccc4c4ccccc4c23)cc1.Fc1ccc(-c2nc3cc(-c4c5ccccc5c(-c5ccccc5)c5ccccc45)ccc3c3c4ccccc4c4ccccc4c23)cc1.Fc1ccc(-c2nc3cc(-c4c5ccccc5c(-c5cccnc5)c5ccccc45)ccc3c3c4ccccc4c4ccccc4c23)cc1. The highest BCUT2D eigenvalue weighted by Crippen LogP contribution is 2.54. The quantitative estimate of drug-likeness (QED) is 0.0821. The molecule has 26 aromatic carbocycles. The van der Waals surface area contributed by atoms with Crippen molar-refractivity contribution in [2.75, 3.05) is 0 Å². The Kier molecular flexibility index (Phi) is 20.9. The van der Waals surface area contributed by atoms with Gasteiger partial charge in [0.15, 0.2) is 0 Å². The van der Waals surface area contributed by atoms with Crippen LogP contribution in [0.5, 0.6) is 0 Å². The van der Waals surface area contributed by atoms with E-state index >= 15 is 0 Å². The molecule has 30 aromatic rings. The van der Waals surface area contributed by atoms with Crippen LogP contribution in [0.15, 0.2) is 492 Å². The highest BCUT2D eigenvalue weighted by Gasteiger charge is 2.28. The number of aromatic nitrogens is 4. The molecule has 0 spiro atoms. The molecule has 0 fully saturated rings. The molecule has 0 saturated heterocycles. The van der Waals surface area contributed by atoms with Crippen molar-refractivity contribution in [1.29, 1.82) is 0 Å². The molecule has 0 aliphatic carbocycles. The van der Waals surface area contributed by atoms with E-state index in [0.717, 1.165) is 187 Å². The molecule has 696 valence electrons. The Labute approximate surface area is 851 Å². The summed E-state index contributed by atoms with van der Waals surface area (Å²) in [7, 11) is 0. The molecule has 0 aliphatic heterocycles. The zero-order chi connectivity index (χ0) is 99.2. The van der Waals surface area contributed by atoms with Gasteiger partial charge in [-0.05, 0) is 300 Å². The number of hydrogen-bond acceptors (Lipinski definition) is 4. The maximum absolute atomic E-state index is 14.6. The maximum atomic E-state index is 14.6. The van der Waals surface area contributed by atoms with Gasteiger partial charge in [0.05, 0.1) is 33.6 Å². The summed E-state index contributed by atoms with van der Waals surface area (Å²) < 4.78 is 71.9. The average Bonchev–Trinajstić information content (AvgIpc) is 0.714. The fourth-order valence-electron chi connectivity index (χ4n) is 24.0. The summed E-state index contributed by atoms with van der Waals surface area (Å²) in [5, 5.41) is 37.0. The topological polar surface area (TPSA) is 51.6 Å². The lowest BCUT2D eigenvalue weighted by Gasteiger charge is -2.19. The van der Waals surface area contributed by atoms with Gasteiger partial charge < -0.3 is 0 Å². The van der Waals surface area contributed by atoms with E-state index in [2.05, 4.69) is 351 Å². The van der Waals surface area contributed by atoms with E-state index in [-0.39, 0.29) is 17.5 Å². The first-order valence-electron chi connectivity index (χ1n) is 50.0. The fraction of sp³-hybridized carbons (Fsp3) is 0. The Bertz CT molecular complexity index is 10300. The lowest BCUT2D eigenvalue weighted by molar-refractivity contribution is 0.584. The summed E-state index contributed by atoms with van der Waals surface area (Å²) in [4.78, 5) is 20.7. The smallest absolute Gasteiger partial charge is 0.126 e. The third-order valence-corrected chi connectivity index (χ3v) is 30.2. The highest BCUT2D eigenvalue weighted by molar-refractivity contribution is 6.38. The van der Waals surface area contributed by atoms with Gasteiger partial charge in [-0.25, -0.2) is 36.9 Å². The van der Waals surface area contributed by atoms with Crippen LogP contribution in [0.4, 0.5) is 22.0 Å². The first-order chi connectivity index (χ1) is 73.5. The second-order valence-corrected chi connectivity index (χ2v) is 38.4. The van der Waals surface area contributed by atoms with Gasteiger partial charge in [-0.1, -0.05) is 364 Å². The predicted molar refractivity (Wildman–Crippen MR) is 614 cm³/mol. The van der Waals surface area contributed by atoms with Crippen molar-refractivity contribution in [1.82, 2.24) is 19.9 Å². The molecule has 0 amide bonds. The van der Waals surface area contributed by atoms with Crippen LogP contribution < -0.4 is 0 Å². The van der Waals surface area contributed by atoms with Crippen LogP contribution in [0.2, 0.25) is 0 Å². The second kappa shape index (κ2) is 35.6. The molecule has 0 atom stereocenters. The van der Waals surface area contributed by atoms with Crippen molar-refractivity contribution in [3.8, 4) is 101 Å². The second-order valence-electron chi connectivity index (χ2n) is 38.4. The molecule has 9 heteroatoms. The Morgan fingerprint density at radius 2 is 0.336 bits per heavy atom. The maximum Gasteiger partial charge on any atom is 0.126 e. The highest BCUT2D eigenvalue weighted by atomic mass is 19.1. The summed E-state index contributed by atoms with van der Waals surface area (Å²) in [5.74, 6) is -2.06. The van der Waals surface area contributed by atoms with Crippen molar-refractivity contribution in [2.24, 2.45) is 0 Å². The minimum absolute atomic E-state index is 0.260. The first-order valence-corrected chi connectivity index (χ1v) is 50.0. The molecule has 30 rings (SSSR count). The van der Waals surface area contributed by atoms with Crippen LogP contribution in [0.25, 0.3) is 295 Å². The standard InChI is InChI=1S/C47H26F3N.C47H28FN.C46H27FN2/c48-30-20-17-27(18-21-30)47-46-36-12-4-2-10-34(36)33-9-1-3-11-35(33)45(46)41-22-19-28(25-42(41)51-47)43-37-13-5-7-15-39(37)44(40-16-8-6-14-38(40)43)29-23-31(49)26-32(50)24-29;48-32-25-22-30(23-26-32)47-46-36-17-7-5-15-34(36)33-14-4-6-16-35(33)45(46)41-27-24-31(28-42(41)49-47)44-39-20-10-8-18-37(39)43(29-12-2-1-3-13-29)38-19-9-11-21-40(38)44;47-31-22-19-28(20-23-31)46-45-35-14-4-2-12-33(35)32-11-1-3-13-34(32)44(45)40-24-21-29(26-41(40)49-46)42-36-15-5-7-17-38(36)43(30-10-9-25-48-27-30)39-18-8-6-16-37(39)42/h1-26H;1-28H;1-27H. The van der Waals surface area contributed by atoms with Crippen LogP contribution in [-0.2, 0) is 0 Å². The number of hydrogen-bond donors (Lipinski definition) is 0. The van der Waals surface area contributed by atoms with Gasteiger partial charge in [0, 0.05) is 89.2 Å². The molecule has 0 N–H and O–H groups in total. The lowest BCUT2D eigenvalue weighted by Crippen LogP contribution is -1.95. The van der Waals surface area contributed by atoms with E-state index in [1.165, 1.54) is 157 Å². The van der Waals surface area contributed by atoms with E-state index in [1.807, 2.05) is 79.1 Å². The number of nitrogens with zero attached hydrogens (tertiary/aromatic N) is 4. The molecule has 4 nitrogen and oxygen atoms in total. The van der Waals surface area contributed by atoms with E-state index in [1.54, 1.807) is 12.1 Å². The van der Waals surface area contributed by atoms with Crippen molar-refractivity contribution >= 4 is 194 Å². The minimum atomic E-state index is -0.618. The van der Waals surface area contributed by atoms with Gasteiger partial charge in [0.25, 0.3) is 0 Å². The van der Waals surface area contributed by atoms with Crippen LogP contribution in [0.1, 0.15) is 0 Å². The van der Waals surface area contributed by atoms with Gasteiger partial charge in [0.2, 0.25) is 0 Å². The lowest BCUT2D eigenvalue weighted by atomic mass is 9.85. The number of halogens is 5. The van der Waals surface area contributed by atoms with Crippen molar-refractivity contribution in [2.45, 2.75) is 0 Å². The Balaban J connectivity index is 0.000000108. The molecule has 0 aliphatic rings. The van der Waals surface area contributed by atoms with E-state index < -0.39 is 11.6 Å². The molecule has 0 bridgehead atoms. The molecular weight excluding hydrogens is 1830 g/mol. The zero-order valence-electron chi connectivity index (χ0n) is 79.9. The normalized spacial score (nSPS) is 11.8. The Morgan fingerprint density at radius 1 is 0.128 bits per heavy atom. The summed E-state index contributed by atoms with van der Waals surface area (Å²) in [6, 6.07) is 161. The largest absolute Gasteiger partial charge is 0.264 e. The van der Waals surface area contributed by atoms with Crippen LogP contribution in [0, 0.1) is 29.1 Å². The first kappa shape index (κ1) is 87.4. The van der Waals surface area contributed by atoms with Crippen LogP contribution >= 0.6 is 0 Å². The Hall–Kier alpha value is -19.4. The number of rotatable bonds is 9. The van der Waals surface area contributed by atoms with E-state index in [4.69, 9.17) is 15.0 Å². The summed E-state index contributed by atoms with van der Waals surface area (Å²) in [6.07, 6.45) is 3.77. The Morgan fingerprint density at radius 3 is 0.591 bits per heavy atom. The fourth-order valence-corrected chi connectivity index (χ4v) is 24.0. The summed E-state index contributed by atoms with van der Waals surface area (Å²) in [5.41, 5.74) is 20.3. The monoisotopic (exact) mass is 1910 g/mol. The van der Waals surface area contributed by atoms with Crippen molar-refractivity contribution in [3.05, 3.63) is 521 Å². The van der Waals surface area contributed by atoms with Crippen LogP contribution in [0.3, 0.4) is 0 Å². The van der Waals surface area contributed by atoms with E-state index in [9.17, 15) is 22.0 Å².